The molecule has 35 heavy (non-hydrogen) atoms. The van der Waals surface area contributed by atoms with Crippen LogP contribution in [0.5, 0.6) is 5.75 Å². The summed E-state index contributed by atoms with van der Waals surface area (Å²) in [6.07, 6.45) is 3.95. The molecule has 2 aromatic carbocycles. The molecule has 2 aliphatic rings. The van der Waals surface area contributed by atoms with Gasteiger partial charge in [-0.25, -0.2) is 4.79 Å². The first-order valence-electron chi connectivity index (χ1n) is 12.1. The third-order valence-electron chi connectivity index (χ3n) is 6.39. The molecule has 0 saturated carbocycles. The van der Waals surface area contributed by atoms with E-state index < -0.39 is 0 Å². The van der Waals surface area contributed by atoms with Gasteiger partial charge in [-0.1, -0.05) is 36.5 Å². The second-order valence-corrected chi connectivity index (χ2v) is 10.2. The van der Waals surface area contributed by atoms with E-state index >= 15 is 0 Å². The number of carbonyl (C=O) groups is 1. The molecule has 4 rings (SSSR count). The minimum atomic E-state index is -0.00875. The van der Waals surface area contributed by atoms with Crippen LogP contribution in [0, 0.1) is 11.3 Å². The third-order valence-corrected chi connectivity index (χ3v) is 7.47. The van der Waals surface area contributed by atoms with Crippen molar-refractivity contribution in [2.75, 3.05) is 20.1 Å². The lowest BCUT2D eigenvalue weighted by Crippen LogP contribution is -2.39. The van der Waals surface area contributed by atoms with E-state index in [0.717, 1.165) is 59.8 Å². The summed E-state index contributed by atoms with van der Waals surface area (Å²) < 4.78 is 5.76. The van der Waals surface area contributed by atoms with E-state index in [2.05, 4.69) is 35.1 Å². The summed E-state index contributed by atoms with van der Waals surface area (Å²) in [6.45, 7) is 9.93. The summed E-state index contributed by atoms with van der Waals surface area (Å²) in [4.78, 5) is 19.9. The SMILES string of the molecule is C=C(S/C(=N\C)c1ccc(OC(C)C)c(C#N)c1)c1cccc2c1CC[C@@H]2NC(=O)N1CCCC1. The van der Waals surface area contributed by atoms with Gasteiger partial charge in [0.15, 0.2) is 0 Å². The Hall–Kier alpha value is -3.24. The Labute approximate surface area is 212 Å². The van der Waals surface area contributed by atoms with Crippen molar-refractivity contribution in [1.82, 2.24) is 10.2 Å². The van der Waals surface area contributed by atoms with Gasteiger partial charge < -0.3 is 15.0 Å². The second-order valence-electron chi connectivity index (χ2n) is 9.15. The lowest BCUT2D eigenvalue weighted by atomic mass is 10.0. The van der Waals surface area contributed by atoms with Crippen molar-refractivity contribution in [3.05, 3.63) is 70.8 Å². The first-order valence-corrected chi connectivity index (χ1v) is 12.9. The van der Waals surface area contributed by atoms with E-state index in [9.17, 15) is 10.1 Å². The van der Waals surface area contributed by atoms with Gasteiger partial charge in [-0.3, -0.25) is 4.99 Å². The van der Waals surface area contributed by atoms with Gasteiger partial charge >= 0.3 is 6.03 Å². The van der Waals surface area contributed by atoms with Gasteiger partial charge in [0.25, 0.3) is 0 Å². The van der Waals surface area contributed by atoms with E-state index in [-0.39, 0.29) is 18.2 Å². The molecule has 1 atom stereocenters. The maximum Gasteiger partial charge on any atom is 0.317 e. The molecule has 0 unspecified atom stereocenters. The van der Waals surface area contributed by atoms with E-state index in [0.29, 0.717) is 11.3 Å². The van der Waals surface area contributed by atoms with Gasteiger partial charge in [-0.2, -0.15) is 5.26 Å². The largest absolute Gasteiger partial charge is 0.490 e. The van der Waals surface area contributed by atoms with Crippen molar-refractivity contribution in [3.8, 4) is 11.8 Å². The lowest BCUT2D eigenvalue weighted by molar-refractivity contribution is 0.204. The van der Waals surface area contributed by atoms with Crippen molar-refractivity contribution < 1.29 is 9.53 Å². The highest BCUT2D eigenvalue weighted by atomic mass is 32.2. The summed E-state index contributed by atoms with van der Waals surface area (Å²) in [6, 6.07) is 14.1. The number of fused-ring (bicyclic) bond motifs is 1. The summed E-state index contributed by atoms with van der Waals surface area (Å²) in [5, 5.41) is 13.6. The van der Waals surface area contributed by atoms with Gasteiger partial charge in [-0.15, -0.1) is 0 Å². The maximum absolute atomic E-state index is 12.7. The normalized spacial score (nSPS) is 17.3. The molecule has 2 amide bonds. The number of nitriles is 1. The standard InChI is InChI=1S/C28H32N4O2S/c1-18(2)34-26-13-10-20(16-21(26)17-29)27(30-4)35-19(3)22-8-7-9-24-23(22)11-12-25(24)31-28(33)32-14-5-6-15-32/h7-10,13,16,18,25H,3,5-6,11-12,14-15H2,1-2,4H3,(H,31,33)/b30-27-/t25-/m0/s1. The van der Waals surface area contributed by atoms with Crippen LogP contribution in [-0.2, 0) is 6.42 Å². The summed E-state index contributed by atoms with van der Waals surface area (Å²) in [5.74, 6) is 0.577. The topological polar surface area (TPSA) is 77.7 Å². The van der Waals surface area contributed by atoms with Crippen LogP contribution < -0.4 is 10.1 Å². The molecule has 1 saturated heterocycles. The van der Waals surface area contributed by atoms with Crippen molar-refractivity contribution in [2.24, 2.45) is 4.99 Å². The van der Waals surface area contributed by atoms with Gasteiger partial charge in [0.1, 0.15) is 16.9 Å². The maximum atomic E-state index is 12.7. The fraction of sp³-hybridized carbons (Fsp3) is 0.393. The zero-order chi connectivity index (χ0) is 24.9. The summed E-state index contributed by atoms with van der Waals surface area (Å²) in [7, 11) is 1.75. The molecule has 0 radical (unpaired) electrons. The predicted molar refractivity (Wildman–Crippen MR) is 143 cm³/mol. The predicted octanol–water partition coefficient (Wildman–Crippen LogP) is 5.92. The van der Waals surface area contributed by atoms with Crippen molar-refractivity contribution in [2.45, 2.75) is 51.7 Å². The Kier molecular flexibility index (Phi) is 7.82. The zero-order valence-electron chi connectivity index (χ0n) is 20.6. The minimum Gasteiger partial charge on any atom is -0.490 e. The Morgan fingerprint density at radius 3 is 2.74 bits per heavy atom. The van der Waals surface area contributed by atoms with Gasteiger partial charge in [0.05, 0.1) is 17.7 Å². The average molecular weight is 489 g/mol. The Morgan fingerprint density at radius 1 is 1.29 bits per heavy atom. The van der Waals surface area contributed by atoms with Crippen LogP contribution in [0.1, 0.15) is 67.0 Å². The third kappa shape index (κ3) is 5.54. The number of rotatable bonds is 6. The Balaban J connectivity index is 1.51. The number of nitrogens with one attached hydrogen (secondary N) is 1. The number of ether oxygens (including phenoxy) is 1. The first kappa shape index (κ1) is 24.9. The molecule has 1 fully saturated rings. The Bertz CT molecular complexity index is 1190. The highest BCUT2D eigenvalue weighted by Gasteiger charge is 2.29. The van der Waals surface area contributed by atoms with E-state index in [1.54, 1.807) is 7.05 Å². The average Bonchev–Trinajstić information content (AvgIpc) is 3.53. The number of amides is 2. The highest BCUT2D eigenvalue weighted by molar-refractivity contribution is 8.22. The molecule has 1 aliphatic heterocycles. The Morgan fingerprint density at radius 2 is 2.06 bits per heavy atom. The van der Waals surface area contributed by atoms with Crippen LogP contribution in [-0.4, -0.2) is 42.2 Å². The molecular weight excluding hydrogens is 456 g/mol. The molecule has 1 aliphatic carbocycles. The monoisotopic (exact) mass is 488 g/mol. The van der Waals surface area contributed by atoms with Gasteiger partial charge in [-0.05, 0) is 74.4 Å². The molecular formula is C28H32N4O2S. The second kappa shape index (κ2) is 11.0. The quantitative estimate of drug-likeness (QED) is 0.404. The number of carbonyl (C=O) groups excluding carboxylic acids is 1. The van der Waals surface area contributed by atoms with Crippen LogP contribution in [0.15, 0.2) is 48.0 Å². The van der Waals surface area contributed by atoms with Gasteiger partial charge in [0, 0.05) is 30.6 Å². The number of aliphatic imine (C=N–C) groups is 1. The summed E-state index contributed by atoms with van der Waals surface area (Å²) >= 11 is 1.50. The summed E-state index contributed by atoms with van der Waals surface area (Å²) in [5.41, 5.74) is 4.85. The number of hydrogen-bond acceptors (Lipinski definition) is 5. The van der Waals surface area contributed by atoms with Crippen LogP contribution in [0.3, 0.4) is 0 Å². The smallest absolute Gasteiger partial charge is 0.317 e. The fourth-order valence-electron chi connectivity index (χ4n) is 4.74. The number of likely N-dealkylation sites (tertiary alicyclic amines) is 1. The van der Waals surface area contributed by atoms with Gasteiger partial charge in [0.2, 0.25) is 0 Å². The molecule has 0 spiro atoms. The number of hydrogen-bond donors (Lipinski definition) is 1. The molecule has 7 heteroatoms. The van der Waals surface area contributed by atoms with Crippen LogP contribution in [0.2, 0.25) is 0 Å². The zero-order valence-corrected chi connectivity index (χ0v) is 21.5. The number of thioether (sulfide) groups is 1. The lowest BCUT2D eigenvalue weighted by Gasteiger charge is -2.21. The molecule has 2 aromatic rings. The molecule has 6 nitrogen and oxygen atoms in total. The number of benzene rings is 2. The highest BCUT2D eigenvalue weighted by Crippen LogP contribution is 2.40. The van der Waals surface area contributed by atoms with Crippen LogP contribution in [0.25, 0.3) is 4.91 Å². The van der Waals surface area contributed by atoms with E-state index in [1.807, 2.05) is 43.0 Å². The van der Waals surface area contributed by atoms with Crippen molar-refractivity contribution in [1.29, 1.82) is 5.26 Å². The van der Waals surface area contributed by atoms with E-state index in [4.69, 9.17) is 4.74 Å². The molecule has 0 aromatic heterocycles. The number of urea groups is 1. The van der Waals surface area contributed by atoms with E-state index in [1.165, 1.54) is 22.9 Å². The number of nitrogens with zero attached hydrogens (tertiary/aromatic N) is 3. The molecule has 0 bridgehead atoms. The minimum absolute atomic E-state index is 0.00875. The van der Waals surface area contributed by atoms with Crippen LogP contribution in [0.4, 0.5) is 4.79 Å². The van der Waals surface area contributed by atoms with Crippen molar-refractivity contribution >= 4 is 27.7 Å². The molecule has 182 valence electrons. The van der Waals surface area contributed by atoms with Crippen LogP contribution >= 0.6 is 11.8 Å². The van der Waals surface area contributed by atoms with Crippen molar-refractivity contribution in [3.63, 3.8) is 0 Å². The molecule has 1 N–H and O–H groups in total. The first-order chi connectivity index (χ1) is 16.9. The molecule has 1 heterocycles. The fourth-order valence-corrected chi connectivity index (χ4v) is 5.61.